The Hall–Kier alpha value is -3.20. The van der Waals surface area contributed by atoms with Gasteiger partial charge in [-0.05, 0) is 18.6 Å². The quantitative estimate of drug-likeness (QED) is 0.669. The number of morpholine rings is 1. The van der Waals surface area contributed by atoms with Crippen LogP contribution in [0.25, 0.3) is 11.2 Å². The number of nitrogens with one attached hydrogen (secondary N) is 1. The number of anilines is 3. The summed E-state index contributed by atoms with van der Waals surface area (Å²) in [5, 5.41) is 3.39. The molecule has 0 atom stereocenters. The van der Waals surface area contributed by atoms with Crippen LogP contribution in [0.2, 0.25) is 0 Å². The molecular formula is C21H25N7O2. The number of benzene rings is 1. The number of para-hydroxylation sites is 1. The molecular weight excluding hydrogens is 382 g/mol. The van der Waals surface area contributed by atoms with Gasteiger partial charge in [-0.15, -0.1) is 0 Å². The summed E-state index contributed by atoms with van der Waals surface area (Å²) in [5.41, 5.74) is 2.45. The van der Waals surface area contributed by atoms with E-state index in [1.807, 2.05) is 39.8 Å². The average molecular weight is 407 g/mol. The number of carbonyl (C=O) groups excluding carboxylic acids is 1. The van der Waals surface area contributed by atoms with Crippen molar-refractivity contribution in [2.75, 3.05) is 49.6 Å². The highest BCUT2D eigenvalue weighted by molar-refractivity contribution is 5.86. The topological polar surface area (TPSA) is 88.4 Å². The van der Waals surface area contributed by atoms with E-state index in [1.165, 1.54) is 0 Å². The number of hydrogen-bond donors (Lipinski definition) is 1. The Morgan fingerprint density at radius 3 is 2.63 bits per heavy atom. The maximum Gasteiger partial charge on any atom is 0.229 e. The zero-order valence-corrected chi connectivity index (χ0v) is 16.8. The van der Waals surface area contributed by atoms with E-state index in [9.17, 15) is 4.79 Å². The van der Waals surface area contributed by atoms with E-state index in [4.69, 9.17) is 14.7 Å². The van der Waals surface area contributed by atoms with Gasteiger partial charge in [-0.1, -0.05) is 18.2 Å². The van der Waals surface area contributed by atoms with Gasteiger partial charge in [0.15, 0.2) is 17.0 Å². The van der Waals surface area contributed by atoms with Crippen LogP contribution in [0, 0.1) is 0 Å². The van der Waals surface area contributed by atoms with Gasteiger partial charge < -0.3 is 24.4 Å². The highest BCUT2D eigenvalue weighted by Crippen LogP contribution is 2.26. The maximum absolute atomic E-state index is 12.0. The molecule has 1 aromatic carbocycles. The van der Waals surface area contributed by atoms with Gasteiger partial charge in [0.05, 0.1) is 19.5 Å². The number of aromatic nitrogens is 4. The highest BCUT2D eigenvalue weighted by atomic mass is 16.5. The van der Waals surface area contributed by atoms with E-state index in [1.54, 1.807) is 6.33 Å². The summed E-state index contributed by atoms with van der Waals surface area (Å²) in [7, 11) is 0. The molecule has 2 saturated heterocycles. The molecule has 4 heterocycles. The molecule has 1 N–H and O–H groups in total. The van der Waals surface area contributed by atoms with Crippen LogP contribution < -0.4 is 10.2 Å². The van der Waals surface area contributed by atoms with Crippen molar-refractivity contribution in [3.8, 4) is 0 Å². The molecule has 0 bridgehead atoms. The van der Waals surface area contributed by atoms with Crippen molar-refractivity contribution in [2.24, 2.45) is 0 Å². The van der Waals surface area contributed by atoms with Crippen LogP contribution in [0.1, 0.15) is 12.8 Å². The van der Waals surface area contributed by atoms with Gasteiger partial charge in [-0.2, -0.15) is 9.97 Å². The monoisotopic (exact) mass is 407 g/mol. The second-order valence-electron chi connectivity index (χ2n) is 7.56. The standard InChI is InChI=1S/C21H25N7O2/c29-17-7-4-8-26(17)9-10-28-15-22-18-19(23-16-5-2-1-3-6-16)24-21(25-20(18)28)27-11-13-30-14-12-27/h1-3,5-6,15H,4,7-14H2,(H,23,24,25). The molecule has 2 fully saturated rings. The van der Waals surface area contributed by atoms with E-state index in [-0.39, 0.29) is 5.91 Å². The molecule has 9 nitrogen and oxygen atoms in total. The SMILES string of the molecule is O=C1CCCN1CCn1cnc2c(Nc3ccccc3)nc(N3CCOCC3)nc21. The zero-order chi connectivity index (χ0) is 20.3. The second kappa shape index (κ2) is 8.27. The number of nitrogens with zero attached hydrogens (tertiary/aromatic N) is 6. The third-order valence-electron chi connectivity index (χ3n) is 5.56. The summed E-state index contributed by atoms with van der Waals surface area (Å²) in [5.74, 6) is 1.58. The Morgan fingerprint density at radius 2 is 1.87 bits per heavy atom. The van der Waals surface area contributed by atoms with E-state index >= 15 is 0 Å². The first-order chi connectivity index (χ1) is 14.8. The largest absolute Gasteiger partial charge is 0.378 e. The number of amides is 1. The Morgan fingerprint density at radius 1 is 1.03 bits per heavy atom. The number of hydrogen-bond acceptors (Lipinski definition) is 7. The number of imidazole rings is 1. The van der Waals surface area contributed by atoms with Gasteiger partial charge in [0.25, 0.3) is 0 Å². The molecule has 9 heteroatoms. The normalized spacial score (nSPS) is 17.1. The molecule has 2 aliphatic rings. The fraction of sp³-hybridized carbons (Fsp3) is 0.429. The van der Waals surface area contributed by atoms with Crippen molar-refractivity contribution in [1.82, 2.24) is 24.4 Å². The van der Waals surface area contributed by atoms with Crippen LogP contribution in [0.5, 0.6) is 0 Å². The summed E-state index contributed by atoms with van der Waals surface area (Å²) in [6.07, 6.45) is 3.39. The summed E-state index contributed by atoms with van der Waals surface area (Å²) in [6, 6.07) is 9.94. The second-order valence-corrected chi connectivity index (χ2v) is 7.56. The predicted octanol–water partition coefficient (Wildman–Crippen LogP) is 2.03. The van der Waals surface area contributed by atoms with Crippen molar-refractivity contribution in [2.45, 2.75) is 19.4 Å². The number of ether oxygens (including phenoxy) is 1. The van der Waals surface area contributed by atoms with Crippen LogP contribution in [-0.2, 0) is 16.1 Å². The van der Waals surface area contributed by atoms with Crippen molar-refractivity contribution in [1.29, 1.82) is 0 Å². The minimum Gasteiger partial charge on any atom is -0.378 e. The third kappa shape index (κ3) is 3.80. The summed E-state index contributed by atoms with van der Waals surface area (Å²) in [6.45, 7) is 5.01. The fourth-order valence-electron chi connectivity index (χ4n) is 3.92. The zero-order valence-electron chi connectivity index (χ0n) is 16.8. The lowest BCUT2D eigenvalue weighted by atomic mass is 10.3. The van der Waals surface area contributed by atoms with Gasteiger partial charge in [0, 0.05) is 44.8 Å². The molecule has 5 rings (SSSR count). The lowest BCUT2D eigenvalue weighted by Gasteiger charge is -2.27. The van der Waals surface area contributed by atoms with Crippen LogP contribution in [0.3, 0.4) is 0 Å². The molecule has 0 radical (unpaired) electrons. The van der Waals surface area contributed by atoms with Gasteiger partial charge in [0.1, 0.15) is 0 Å². The number of likely N-dealkylation sites (tertiary alicyclic amines) is 1. The molecule has 2 aliphatic heterocycles. The highest BCUT2D eigenvalue weighted by Gasteiger charge is 2.22. The molecule has 0 spiro atoms. The van der Waals surface area contributed by atoms with Crippen LogP contribution in [0.15, 0.2) is 36.7 Å². The average Bonchev–Trinajstić information content (AvgIpc) is 3.39. The van der Waals surface area contributed by atoms with Gasteiger partial charge in [-0.3, -0.25) is 4.79 Å². The lowest BCUT2D eigenvalue weighted by Crippen LogP contribution is -2.37. The first-order valence-corrected chi connectivity index (χ1v) is 10.4. The van der Waals surface area contributed by atoms with Crippen LogP contribution in [-0.4, -0.2) is 69.7 Å². The van der Waals surface area contributed by atoms with E-state index in [0.29, 0.717) is 44.5 Å². The molecule has 3 aromatic rings. The third-order valence-corrected chi connectivity index (χ3v) is 5.56. The van der Waals surface area contributed by atoms with Crippen molar-refractivity contribution < 1.29 is 9.53 Å². The minimum absolute atomic E-state index is 0.231. The smallest absolute Gasteiger partial charge is 0.229 e. The number of carbonyl (C=O) groups is 1. The lowest BCUT2D eigenvalue weighted by molar-refractivity contribution is -0.127. The number of fused-ring (bicyclic) bond motifs is 1. The Kier molecular flexibility index (Phi) is 5.18. The van der Waals surface area contributed by atoms with Crippen LogP contribution in [0.4, 0.5) is 17.5 Å². The van der Waals surface area contributed by atoms with Crippen molar-refractivity contribution >= 4 is 34.5 Å². The maximum atomic E-state index is 12.0. The fourth-order valence-corrected chi connectivity index (χ4v) is 3.92. The summed E-state index contributed by atoms with van der Waals surface area (Å²) in [4.78, 5) is 30.2. The van der Waals surface area contributed by atoms with Gasteiger partial charge >= 0.3 is 0 Å². The minimum atomic E-state index is 0.231. The molecule has 0 aliphatic carbocycles. The summed E-state index contributed by atoms with van der Waals surface area (Å²) >= 11 is 0. The summed E-state index contributed by atoms with van der Waals surface area (Å²) < 4.78 is 7.50. The Balaban J connectivity index is 1.48. The predicted molar refractivity (Wildman–Crippen MR) is 114 cm³/mol. The van der Waals surface area contributed by atoms with E-state index < -0.39 is 0 Å². The molecule has 2 aromatic heterocycles. The van der Waals surface area contributed by atoms with E-state index in [2.05, 4.69) is 15.2 Å². The van der Waals surface area contributed by atoms with E-state index in [0.717, 1.165) is 42.9 Å². The molecule has 0 saturated carbocycles. The van der Waals surface area contributed by atoms with Crippen molar-refractivity contribution in [3.05, 3.63) is 36.7 Å². The molecule has 1 amide bonds. The molecule has 0 unspecified atom stereocenters. The first kappa shape index (κ1) is 18.8. The Labute approximate surface area is 174 Å². The number of rotatable bonds is 6. The van der Waals surface area contributed by atoms with Gasteiger partial charge in [-0.25, -0.2) is 4.98 Å². The Bertz CT molecular complexity index is 1030. The van der Waals surface area contributed by atoms with Crippen LogP contribution >= 0.6 is 0 Å². The first-order valence-electron chi connectivity index (χ1n) is 10.4. The molecule has 30 heavy (non-hydrogen) atoms. The molecule has 156 valence electrons. The van der Waals surface area contributed by atoms with Gasteiger partial charge in [0.2, 0.25) is 11.9 Å². The van der Waals surface area contributed by atoms with Crippen molar-refractivity contribution in [3.63, 3.8) is 0 Å².